The maximum absolute atomic E-state index is 13.6. The number of nitrogen functional groups attached to an aromatic ring is 1. The Morgan fingerprint density at radius 2 is 2.00 bits per heavy atom. The van der Waals surface area contributed by atoms with Crippen molar-refractivity contribution in [3.05, 3.63) is 23.5 Å². The van der Waals surface area contributed by atoms with E-state index in [-0.39, 0.29) is 17.9 Å². The van der Waals surface area contributed by atoms with Crippen LogP contribution in [0, 0.1) is 5.82 Å². The minimum Gasteiger partial charge on any atom is -0.478 e. The number of halogens is 4. The van der Waals surface area contributed by atoms with Gasteiger partial charge < -0.3 is 15.7 Å². The average Bonchev–Trinajstić information content (AvgIpc) is 2.29. The summed E-state index contributed by atoms with van der Waals surface area (Å²) in [5.74, 6) is -2.65. The van der Waals surface area contributed by atoms with Gasteiger partial charge in [0.1, 0.15) is 12.4 Å². The largest absolute Gasteiger partial charge is 0.478 e. The highest BCUT2D eigenvalue weighted by molar-refractivity contribution is 5.91. The standard InChI is InChI=1S/C12H14F4N2O2/c1-2-3-18(6-12(14,15)16)10-5-8(13)7(11(19)20)4-9(10)17/h4-5H,2-3,6,17H2,1H3,(H,19,20). The van der Waals surface area contributed by atoms with Gasteiger partial charge in [-0.1, -0.05) is 6.92 Å². The van der Waals surface area contributed by atoms with E-state index in [1.165, 1.54) is 0 Å². The first kappa shape index (κ1) is 16.1. The van der Waals surface area contributed by atoms with Crippen LogP contribution in [0.2, 0.25) is 0 Å². The number of aromatic carboxylic acids is 1. The predicted molar refractivity (Wildman–Crippen MR) is 66.3 cm³/mol. The van der Waals surface area contributed by atoms with Gasteiger partial charge in [0.15, 0.2) is 0 Å². The number of alkyl halides is 3. The summed E-state index contributed by atoms with van der Waals surface area (Å²) in [5.41, 5.74) is 4.50. The van der Waals surface area contributed by atoms with E-state index in [1.807, 2.05) is 0 Å². The van der Waals surface area contributed by atoms with Crippen LogP contribution in [0.5, 0.6) is 0 Å². The summed E-state index contributed by atoms with van der Waals surface area (Å²) >= 11 is 0. The van der Waals surface area contributed by atoms with Crippen molar-refractivity contribution >= 4 is 17.3 Å². The normalized spacial score (nSPS) is 11.4. The Balaban J connectivity index is 3.20. The smallest absolute Gasteiger partial charge is 0.405 e. The molecule has 1 rings (SSSR count). The maximum atomic E-state index is 13.6. The summed E-state index contributed by atoms with van der Waals surface area (Å²) in [4.78, 5) is 11.6. The van der Waals surface area contributed by atoms with E-state index in [0.29, 0.717) is 6.42 Å². The van der Waals surface area contributed by atoms with Crippen LogP contribution in [0.15, 0.2) is 12.1 Å². The molecule has 4 nitrogen and oxygen atoms in total. The van der Waals surface area contributed by atoms with Gasteiger partial charge in [0.2, 0.25) is 0 Å². The molecule has 112 valence electrons. The number of nitrogens with zero attached hydrogens (tertiary/aromatic N) is 1. The van der Waals surface area contributed by atoms with Gasteiger partial charge in [0.25, 0.3) is 0 Å². The SMILES string of the molecule is CCCN(CC(F)(F)F)c1cc(F)c(C(=O)O)cc1N. The lowest BCUT2D eigenvalue weighted by Crippen LogP contribution is -2.35. The van der Waals surface area contributed by atoms with E-state index in [4.69, 9.17) is 10.8 Å². The highest BCUT2D eigenvalue weighted by Gasteiger charge is 2.31. The lowest BCUT2D eigenvalue weighted by molar-refractivity contribution is -0.119. The lowest BCUT2D eigenvalue weighted by atomic mass is 10.1. The summed E-state index contributed by atoms with van der Waals surface area (Å²) in [6, 6.07) is 1.55. The van der Waals surface area contributed by atoms with E-state index in [2.05, 4.69) is 0 Å². The molecule has 1 aromatic rings. The molecular formula is C12H14F4N2O2. The van der Waals surface area contributed by atoms with Gasteiger partial charge in [-0.2, -0.15) is 13.2 Å². The third kappa shape index (κ3) is 4.01. The van der Waals surface area contributed by atoms with E-state index in [9.17, 15) is 22.4 Å². The highest BCUT2D eigenvalue weighted by Crippen LogP contribution is 2.29. The topological polar surface area (TPSA) is 66.6 Å². The first-order valence-electron chi connectivity index (χ1n) is 5.79. The number of hydrogen-bond acceptors (Lipinski definition) is 3. The van der Waals surface area contributed by atoms with E-state index in [0.717, 1.165) is 17.0 Å². The molecule has 8 heteroatoms. The van der Waals surface area contributed by atoms with Gasteiger partial charge in [-0.3, -0.25) is 0 Å². The summed E-state index contributed by atoms with van der Waals surface area (Å²) in [6.07, 6.45) is -4.07. The van der Waals surface area contributed by atoms with Gasteiger partial charge in [-0.05, 0) is 12.5 Å². The van der Waals surface area contributed by atoms with Crippen LogP contribution in [-0.4, -0.2) is 30.3 Å². The van der Waals surface area contributed by atoms with Gasteiger partial charge >= 0.3 is 12.1 Å². The molecule has 0 unspecified atom stereocenters. The second kappa shape index (κ2) is 5.98. The molecule has 0 aliphatic rings. The first-order valence-corrected chi connectivity index (χ1v) is 5.79. The summed E-state index contributed by atoms with van der Waals surface area (Å²) < 4.78 is 51.0. The van der Waals surface area contributed by atoms with Crippen molar-refractivity contribution in [2.45, 2.75) is 19.5 Å². The van der Waals surface area contributed by atoms with E-state index in [1.54, 1.807) is 6.92 Å². The number of anilines is 2. The highest BCUT2D eigenvalue weighted by atomic mass is 19.4. The molecule has 0 aliphatic carbocycles. The number of carboxylic acids is 1. The van der Waals surface area contributed by atoms with Gasteiger partial charge in [0.05, 0.1) is 16.9 Å². The summed E-state index contributed by atoms with van der Waals surface area (Å²) in [7, 11) is 0. The fourth-order valence-corrected chi connectivity index (χ4v) is 1.79. The zero-order valence-electron chi connectivity index (χ0n) is 10.7. The fourth-order valence-electron chi connectivity index (χ4n) is 1.79. The molecular weight excluding hydrogens is 280 g/mol. The number of rotatable bonds is 5. The molecule has 0 spiro atoms. The van der Waals surface area contributed by atoms with Crippen molar-refractivity contribution in [2.75, 3.05) is 23.7 Å². The van der Waals surface area contributed by atoms with Crippen molar-refractivity contribution in [1.29, 1.82) is 0 Å². The fraction of sp³-hybridized carbons (Fsp3) is 0.417. The van der Waals surface area contributed by atoms with Crippen molar-refractivity contribution in [3.8, 4) is 0 Å². The third-order valence-corrected chi connectivity index (χ3v) is 2.55. The lowest BCUT2D eigenvalue weighted by Gasteiger charge is -2.27. The molecule has 20 heavy (non-hydrogen) atoms. The van der Waals surface area contributed by atoms with Crippen LogP contribution in [0.1, 0.15) is 23.7 Å². The van der Waals surface area contributed by atoms with Crippen molar-refractivity contribution < 1.29 is 27.5 Å². The van der Waals surface area contributed by atoms with Crippen LogP contribution < -0.4 is 10.6 Å². The second-order valence-corrected chi connectivity index (χ2v) is 4.23. The summed E-state index contributed by atoms with van der Waals surface area (Å²) in [5, 5.41) is 8.72. The minimum absolute atomic E-state index is 0.0234. The number of hydrogen-bond donors (Lipinski definition) is 2. The molecule has 3 N–H and O–H groups in total. The molecule has 0 fully saturated rings. The van der Waals surface area contributed by atoms with E-state index >= 15 is 0 Å². The zero-order chi connectivity index (χ0) is 15.5. The van der Waals surface area contributed by atoms with E-state index < -0.39 is 30.1 Å². The maximum Gasteiger partial charge on any atom is 0.405 e. The van der Waals surface area contributed by atoms with Gasteiger partial charge in [-0.25, -0.2) is 9.18 Å². The van der Waals surface area contributed by atoms with Crippen LogP contribution in [0.4, 0.5) is 28.9 Å². The minimum atomic E-state index is -4.47. The first-order chi connectivity index (χ1) is 9.15. The quantitative estimate of drug-likeness (QED) is 0.647. The predicted octanol–water partition coefficient (Wildman–Crippen LogP) is 2.88. The van der Waals surface area contributed by atoms with Crippen LogP contribution in [0.25, 0.3) is 0 Å². The number of nitrogens with two attached hydrogens (primary N) is 1. The Hall–Kier alpha value is -1.99. The summed E-state index contributed by atoms with van der Waals surface area (Å²) in [6.45, 7) is 0.411. The molecule has 0 amide bonds. The van der Waals surface area contributed by atoms with Crippen LogP contribution in [0.3, 0.4) is 0 Å². The van der Waals surface area contributed by atoms with Crippen molar-refractivity contribution in [2.24, 2.45) is 0 Å². The molecule has 0 aromatic heterocycles. The monoisotopic (exact) mass is 294 g/mol. The van der Waals surface area contributed by atoms with Gasteiger partial charge in [-0.15, -0.1) is 0 Å². The Labute approximate surface area is 112 Å². The molecule has 0 saturated carbocycles. The molecule has 0 heterocycles. The third-order valence-electron chi connectivity index (χ3n) is 2.55. The number of carbonyl (C=O) groups is 1. The number of carboxylic acid groups (broad SMARTS) is 1. The molecule has 0 atom stereocenters. The second-order valence-electron chi connectivity index (χ2n) is 4.23. The Bertz CT molecular complexity index is 503. The average molecular weight is 294 g/mol. The number of benzene rings is 1. The Kier molecular flexibility index (Phi) is 4.80. The Morgan fingerprint density at radius 1 is 1.40 bits per heavy atom. The van der Waals surface area contributed by atoms with Crippen LogP contribution in [-0.2, 0) is 0 Å². The van der Waals surface area contributed by atoms with Gasteiger partial charge in [0, 0.05) is 12.6 Å². The molecule has 1 aromatic carbocycles. The van der Waals surface area contributed by atoms with Crippen molar-refractivity contribution in [1.82, 2.24) is 0 Å². The molecule has 0 radical (unpaired) electrons. The van der Waals surface area contributed by atoms with Crippen LogP contribution >= 0.6 is 0 Å². The van der Waals surface area contributed by atoms with Crippen molar-refractivity contribution in [3.63, 3.8) is 0 Å². The molecule has 0 aliphatic heterocycles. The molecule has 0 bridgehead atoms. The zero-order valence-corrected chi connectivity index (χ0v) is 10.7. The molecule has 0 saturated heterocycles. The Morgan fingerprint density at radius 3 is 2.45 bits per heavy atom.